The number of thioether (sulfide) groups is 1. The highest BCUT2D eigenvalue weighted by Crippen LogP contribution is 2.60. The van der Waals surface area contributed by atoms with Gasteiger partial charge in [0.05, 0.1) is 11.2 Å². The molecule has 0 atom stereocenters. The van der Waals surface area contributed by atoms with E-state index in [2.05, 4.69) is 15.6 Å². The van der Waals surface area contributed by atoms with Crippen LogP contribution in [0.5, 0.6) is 0 Å². The van der Waals surface area contributed by atoms with E-state index in [9.17, 15) is 9.59 Å². The first-order valence-corrected chi connectivity index (χ1v) is 12.7. The first-order valence-electron chi connectivity index (χ1n) is 11.7. The molecule has 6 nitrogen and oxygen atoms in total. The third-order valence-electron chi connectivity index (χ3n) is 7.53. The predicted molar refractivity (Wildman–Crippen MR) is 129 cm³/mol. The number of fused-ring (bicyclic) bond motifs is 1. The van der Waals surface area contributed by atoms with Crippen molar-refractivity contribution in [3.63, 3.8) is 0 Å². The van der Waals surface area contributed by atoms with Crippen molar-refractivity contribution in [3.05, 3.63) is 48.5 Å². The van der Waals surface area contributed by atoms with Gasteiger partial charge in [-0.25, -0.2) is 4.98 Å². The van der Waals surface area contributed by atoms with Crippen molar-refractivity contribution in [2.45, 2.75) is 43.7 Å². The van der Waals surface area contributed by atoms with Gasteiger partial charge in [-0.05, 0) is 86.6 Å². The van der Waals surface area contributed by atoms with Crippen LogP contribution >= 0.6 is 11.8 Å². The Labute approximate surface area is 196 Å². The van der Waals surface area contributed by atoms with E-state index in [0.717, 1.165) is 48.2 Å². The van der Waals surface area contributed by atoms with Gasteiger partial charge in [0, 0.05) is 11.4 Å². The minimum absolute atomic E-state index is 0.146. The largest absolute Gasteiger partial charge is 0.431 e. The second-order valence-corrected chi connectivity index (χ2v) is 10.9. The lowest BCUT2D eigenvalue weighted by Gasteiger charge is -2.55. The summed E-state index contributed by atoms with van der Waals surface area (Å²) >= 11 is 1.26. The molecule has 4 bridgehead atoms. The number of aromatic nitrogens is 1. The number of anilines is 2. The molecule has 0 unspecified atom stereocenters. The van der Waals surface area contributed by atoms with E-state index in [0.29, 0.717) is 16.5 Å². The topological polar surface area (TPSA) is 84.2 Å². The average Bonchev–Trinajstić information content (AvgIpc) is 3.20. The summed E-state index contributed by atoms with van der Waals surface area (Å²) in [4.78, 5) is 30.2. The van der Waals surface area contributed by atoms with Crippen molar-refractivity contribution in [2.24, 2.45) is 23.2 Å². The third-order valence-corrected chi connectivity index (χ3v) is 8.35. The fourth-order valence-electron chi connectivity index (χ4n) is 6.56. The normalized spacial score (nSPS) is 27.6. The summed E-state index contributed by atoms with van der Waals surface area (Å²) in [5.41, 5.74) is 2.71. The van der Waals surface area contributed by atoms with Crippen molar-refractivity contribution in [1.82, 2.24) is 4.98 Å². The minimum atomic E-state index is -0.190. The Morgan fingerprint density at radius 2 is 1.61 bits per heavy atom. The molecule has 7 heteroatoms. The van der Waals surface area contributed by atoms with E-state index in [1.54, 1.807) is 0 Å². The summed E-state index contributed by atoms with van der Waals surface area (Å²) in [6.07, 6.45) is 7.05. The first kappa shape index (κ1) is 20.8. The zero-order valence-electron chi connectivity index (χ0n) is 18.4. The third kappa shape index (κ3) is 4.14. The van der Waals surface area contributed by atoms with E-state index in [1.807, 2.05) is 48.5 Å². The Morgan fingerprint density at radius 1 is 0.939 bits per heavy atom. The van der Waals surface area contributed by atoms with E-state index in [1.165, 1.54) is 31.0 Å². The molecule has 33 heavy (non-hydrogen) atoms. The molecule has 4 saturated carbocycles. The summed E-state index contributed by atoms with van der Waals surface area (Å²) in [7, 11) is 0. The van der Waals surface area contributed by atoms with Gasteiger partial charge in [-0.15, -0.1) is 0 Å². The number of carbonyl (C=O) groups excluding carboxylic acids is 2. The molecule has 170 valence electrons. The number of rotatable bonds is 6. The molecule has 2 N–H and O–H groups in total. The quantitative estimate of drug-likeness (QED) is 0.459. The second-order valence-electron chi connectivity index (χ2n) is 10.0. The van der Waals surface area contributed by atoms with Crippen molar-refractivity contribution in [2.75, 3.05) is 16.4 Å². The van der Waals surface area contributed by atoms with Crippen LogP contribution < -0.4 is 10.6 Å². The van der Waals surface area contributed by atoms with E-state index < -0.39 is 0 Å². The Balaban J connectivity index is 1.07. The van der Waals surface area contributed by atoms with E-state index in [-0.39, 0.29) is 23.0 Å². The number of hydrogen-bond acceptors (Lipinski definition) is 5. The van der Waals surface area contributed by atoms with Gasteiger partial charge in [0.25, 0.3) is 5.22 Å². The maximum atomic E-state index is 13.3. The molecular formula is C26H27N3O3S. The van der Waals surface area contributed by atoms with Crippen LogP contribution in [0.2, 0.25) is 0 Å². The summed E-state index contributed by atoms with van der Waals surface area (Å²) in [5.74, 6) is 2.39. The highest BCUT2D eigenvalue weighted by molar-refractivity contribution is 7.99. The van der Waals surface area contributed by atoms with Crippen LogP contribution in [0.1, 0.15) is 38.5 Å². The fourth-order valence-corrected chi connectivity index (χ4v) is 7.20. The van der Waals surface area contributed by atoms with Crippen molar-refractivity contribution in [3.8, 4) is 0 Å². The second kappa shape index (κ2) is 8.20. The van der Waals surface area contributed by atoms with Gasteiger partial charge in [-0.3, -0.25) is 9.59 Å². The van der Waals surface area contributed by atoms with Crippen LogP contribution in [0.15, 0.2) is 58.2 Å². The molecule has 0 saturated heterocycles. The molecule has 4 fully saturated rings. The maximum absolute atomic E-state index is 13.3. The molecule has 2 amide bonds. The van der Waals surface area contributed by atoms with Gasteiger partial charge in [0.15, 0.2) is 5.58 Å². The van der Waals surface area contributed by atoms with Crippen LogP contribution in [-0.2, 0) is 9.59 Å². The Hall–Kier alpha value is -2.80. The zero-order valence-corrected chi connectivity index (χ0v) is 19.2. The molecule has 0 radical (unpaired) electrons. The SMILES string of the molecule is O=C(CSc1nc2ccccc2o1)Nc1cccc(NC(=O)C23CC4CC(CC(C4)C2)C3)c1. The molecule has 7 rings (SSSR count). The molecule has 4 aliphatic carbocycles. The van der Waals surface area contributed by atoms with Crippen LogP contribution in [-0.4, -0.2) is 22.6 Å². The van der Waals surface area contributed by atoms with Gasteiger partial charge in [-0.1, -0.05) is 30.0 Å². The van der Waals surface area contributed by atoms with Crippen LogP contribution in [0.25, 0.3) is 11.1 Å². The number of para-hydroxylation sites is 2. The summed E-state index contributed by atoms with van der Waals surface area (Å²) in [6.45, 7) is 0. The van der Waals surface area contributed by atoms with Gasteiger partial charge in [0.1, 0.15) is 5.52 Å². The number of amides is 2. The number of benzene rings is 2. The molecule has 3 aromatic rings. The van der Waals surface area contributed by atoms with Gasteiger partial charge >= 0.3 is 0 Å². The lowest BCUT2D eigenvalue weighted by Crippen LogP contribution is -2.51. The van der Waals surface area contributed by atoms with Crippen LogP contribution in [0.3, 0.4) is 0 Å². The highest BCUT2D eigenvalue weighted by Gasteiger charge is 2.54. The number of nitrogens with zero attached hydrogens (tertiary/aromatic N) is 1. The Kier molecular flexibility index (Phi) is 5.17. The van der Waals surface area contributed by atoms with E-state index >= 15 is 0 Å². The minimum Gasteiger partial charge on any atom is -0.431 e. The molecule has 0 aliphatic heterocycles. The van der Waals surface area contributed by atoms with Crippen molar-refractivity contribution >= 4 is 46.1 Å². The maximum Gasteiger partial charge on any atom is 0.257 e. The number of hydrogen-bond donors (Lipinski definition) is 2. The number of oxazole rings is 1. The molecule has 4 aliphatic rings. The molecule has 2 aromatic carbocycles. The fraction of sp³-hybridized carbons (Fsp3) is 0.423. The summed E-state index contributed by atoms with van der Waals surface area (Å²) in [6, 6.07) is 15.0. The van der Waals surface area contributed by atoms with Crippen molar-refractivity contribution < 1.29 is 14.0 Å². The Morgan fingerprint density at radius 3 is 2.30 bits per heavy atom. The molecule has 1 aromatic heterocycles. The van der Waals surface area contributed by atoms with Crippen molar-refractivity contribution in [1.29, 1.82) is 0 Å². The van der Waals surface area contributed by atoms with E-state index in [4.69, 9.17) is 4.42 Å². The summed E-state index contributed by atoms with van der Waals surface area (Å²) in [5, 5.41) is 6.55. The van der Waals surface area contributed by atoms with Gasteiger partial charge in [-0.2, -0.15) is 0 Å². The van der Waals surface area contributed by atoms with Gasteiger partial charge in [0.2, 0.25) is 11.8 Å². The van der Waals surface area contributed by atoms with Gasteiger partial charge < -0.3 is 15.1 Å². The monoisotopic (exact) mass is 461 g/mol. The van der Waals surface area contributed by atoms with Crippen LogP contribution in [0, 0.1) is 23.2 Å². The average molecular weight is 462 g/mol. The molecule has 0 spiro atoms. The molecule has 1 heterocycles. The van der Waals surface area contributed by atoms with Crippen LogP contribution in [0.4, 0.5) is 11.4 Å². The highest BCUT2D eigenvalue weighted by atomic mass is 32.2. The predicted octanol–water partition coefficient (Wildman–Crippen LogP) is 5.71. The Bertz CT molecular complexity index is 1150. The smallest absolute Gasteiger partial charge is 0.257 e. The number of carbonyl (C=O) groups is 2. The first-order chi connectivity index (χ1) is 16.0. The molecular weight excluding hydrogens is 434 g/mol. The standard InChI is InChI=1S/C26H27N3O3S/c30-23(15-33-25-29-21-6-1-2-7-22(21)32-25)27-19-4-3-5-20(11-19)28-24(31)26-12-16-8-17(13-26)10-18(9-16)14-26/h1-7,11,16-18H,8-10,12-15H2,(H,27,30)(H,28,31). The summed E-state index contributed by atoms with van der Waals surface area (Å²) < 4.78 is 5.66. The number of nitrogens with one attached hydrogen (secondary N) is 2. The lowest BCUT2D eigenvalue weighted by atomic mass is 9.49. The lowest BCUT2D eigenvalue weighted by molar-refractivity contribution is -0.140. The zero-order chi connectivity index (χ0) is 22.4.